The molecule has 28 heavy (non-hydrogen) atoms. The van der Waals surface area contributed by atoms with E-state index in [2.05, 4.69) is 15.1 Å². The molecule has 1 saturated heterocycles. The van der Waals surface area contributed by atoms with Crippen LogP contribution in [0.2, 0.25) is 0 Å². The fourth-order valence-electron chi connectivity index (χ4n) is 3.27. The third kappa shape index (κ3) is 3.74. The molecule has 1 atom stereocenters. The lowest BCUT2D eigenvalue weighted by atomic mass is 10.2. The van der Waals surface area contributed by atoms with Crippen molar-refractivity contribution in [2.45, 2.75) is 26.4 Å². The van der Waals surface area contributed by atoms with Crippen LogP contribution in [0.15, 0.2) is 53.3 Å². The lowest BCUT2D eigenvalue weighted by Gasteiger charge is -2.19. The van der Waals surface area contributed by atoms with Crippen molar-refractivity contribution in [1.29, 1.82) is 0 Å². The number of para-hydroxylation sites is 1. The van der Waals surface area contributed by atoms with Gasteiger partial charge in [-0.05, 0) is 24.3 Å². The second kappa shape index (κ2) is 7.80. The van der Waals surface area contributed by atoms with Crippen LogP contribution in [0.25, 0.3) is 22.8 Å². The van der Waals surface area contributed by atoms with Crippen LogP contribution < -0.4 is 4.74 Å². The largest absolute Gasteiger partial charge is 0.488 e. The number of benzene rings is 1. The number of carbonyl (C=O) groups excluding carboxylic acids is 1. The molecule has 1 aliphatic rings. The molecule has 1 aromatic carbocycles. The number of ether oxygens (including phenoxy) is 1. The zero-order chi connectivity index (χ0) is 19.5. The van der Waals surface area contributed by atoms with Gasteiger partial charge in [0.1, 0.15) is 11.9 Å². The second-order valence-corrected chi connectivity index (χ2v) is 7.12. The fourth-order valence-corrected chi connectivity index (χ4v) is 3.27. The number of amides is 1. The molecule has 0 saturated carbocycles. The van der Waals surface area contributed by atoms with Crippen molar-refractivity contribution in [3.63, 3.8) is 0 Å². The first kappa shape index (κ1) is 18.2. The Morgan fingerprint density at radius 2 is 2.00 bits per heavy atom. The smallest absolute Gasteiger partial charge is 0.262 e. The van der Waals surface area contributed by atoms with Gasteiger partial charge < -0.3 is 14.2 Å². The van der Waals surface area contributed by atoms with Crippen LogP contribution in [0.4, 0.5) is 0 Å². The number of nitrogens with zero attached hydrogens (tertiary/aromatic N) is 4. The van der Waals surface area contributed by atoms with Crippen LogP contribution in [0, 0.1) is 5.92 Å². The molecule has 0 radical (unpaired) electrons. The minimum absolute atomic E-state index is 0.00367. The van der Waals surface area contributed by atoms with Crippen molar-refractivity contribution in [1.82, 2.24) is 20.0 Å². The lowest BCUT2D eigenvalue weighted by molar-refractivity contribution is -0.133. The van der Waals surface area contributed by atoms with Crippen molar-refractivity contribution in [2.75, 3.05) is 13.1 Å². The van der Waals surface area contributed by atoms with E-state index < -0.39 is 0 Å². The summed E-state index contributed by atoms with van der Waals surface area (Å²) in [6.07, 6.45) is 4.13. The van der Waals surface area contributed by atoms with Gasteiger partial charge in [-0.2, -0.15) is 4.98 Å². The van der Waals surface area contributed by atoms with E-state index in [9.17, 15) is 4.79 Å². The molecule has 0 spiro atoms. The number of pyridine rings is 1. The standard InChI is InChI=1S/C21H22N4O3/c1-14(2)21(26)25-12-9-16(13-25)27-18-6-4-3-5-17(18)20-23-19(24-28-20)15-7-10-22-11-8-15/h3-8,10-11,14,16H,9,12-13H2,1-2H3. The average Bonchev–Trinajstić information content (AvgIpc) is 3.38. The Bertz CT molecular complexity index is 955. The van der Waals surface area contributed by atoms with Crippen LogP contribution in [0.5, 0.6) is 5.75 Å². The third-order valence-corrected chi connectivity index (χ3v) is 4.73. The second-order valence-electron chi connectivity index (χ2n) is 7.12. The number of carbonyl (C=O) groups is 1. The van der Waals surface area contributed by atoms with Crippen molar-refractivity contribution in [3.05, 3.63) is 48.8 Å². The first-order chi connectivity index (χ1) is 13.6. The summed E-state index contributed by atoms with van der Waals surface area (Å²) < 4.78 is 11.7. The van der Waals surface area contributed by atoms with E-state index in [0.717, 1.165) is 24.1 Å². The molecule has 3 heterocycles. The van der Waals surface area contributed by atoms with Gasteiger partial charge in [0.15, 0.2) is 0 Å². The number of hydrogen-bond acceptors (Lipinski definition) is 6. The van der Waals surface area contributed by atoms with Gasteiger partial charge in [-0.25, -0.2) is 0 Å². The van der Waals surface area contributed by atoms with Crippen LogP contribution in [-0.2, 0) is 4.79 Å². The van der Waals surface area contributed by atoms with E-state index in [0.29, 0.717) is 24.0 Å². The Balaban J connectivity index is 1.52. The van der Waals surface area contributed by atoms with E-state index in [1.165, 1.54) is 0 Å². The summed E-state index contributed by atoms with van der Waals surface area (Å²) in [4.78, 5) is 22.6. The maximum atomic E-state index is 12.2. The van der Waals surface area contributed by atoms with E-state index in [-0.39, 0.29) is 17.9 Å². The molecule has 1 aliphatic heterocycles. The van der Waals surface area contributed by atoms with Crippen LogP contribution >= 0.6 is 0 Å². The van der Waals surface area contributed by atoms with Gasteiger partial charge in [-0.1, -0.05) is 31.1 Å². The highest BCUT2D eigenvalue weighted by molar-refractivity contribution is 5.78. The van der Waals surface area contributed by atoms with E-state index in [1.54, 1.807) is 12.4 Å². The first-order valence-corrected chi connectivity index (χ1v) is 9.41. The molecule has 4 rings (SSSR count). The van der Waals surface area contributed by atoms with Crippen LogP contribution in [-0.4, -0.2) is 45.1 Å². The molecule has 1 fully saturated rings. The van der Waals surface area contributed by atoms with Gasteiger partial charge in [0.2, 0.25) is 11.7 Å². The number of rotatable bonds is 5. The Morgan fingerprint density at radius 3 is 2.79 bits per heavy atom. The van der Waals surface area contributed by atoms with Gasteiger partial charge in [-0.3, -0.25) is 9.78 Å². The highest BCUT2D eigenvalue weighted by Gasteiger charge is 2.29. The lowest BCUT2D eigenvalue weighted by Crippen LogP contribution is -2.33. The molecule has 0 bridgehead atoms. The average molecular weight is 378 g/mol. The third-order valence-electron chi connectivity index (χ3n) is 4.73. The highest BCUT2D eigenvalue weighted by Crippen LogP contribution is 2.32. The minimum atomic E-state index is -0.0496. The normalized spacial score (nSPS) is 16.5. The molecule has 0 aliphatic carbocycles. The Labute approximate surface area is 163 Å². The summed E-state index contributed by atoms with van der Waals surface area (Å²) in [5.41, 5.74) is 1.57. The summed E-state index contributed by atoms with van der Waals surface area (Å²) in [6.45, 7) is 5.15. The molecular formula is C21H22N4O3. The maximum Gasteiger partial charge on any atom is 0.262 e. The van der Waals surface area contributed by atoms with Crippen molar-refractivity contribution >= 4 is 5.91 Å². The Hall–Kier alpha value is -3.22. The summed E-state index contributed by atoms with van der Waals surface area (Å²) >= 11 is 0. The van der Waals surface area contributed by atoms with E-state index >= 15 is 0 Å². The summed E-state index contributed by atoms with van der Waals surface area (Å²) in [5.74, 6) is 1.74. The number of likely N-dealkylation sites (tertiary alicyclic amines) is 1. The van der Waals surface area contributed by atoms with Crippen molar-refractivity contribution < 1.29 is 14.1 Å². The van der Waals surface area contributed by atoms with E-state index in [4.69, 9.17) is 9.26 Å². The topological polar surface area (TPSA) is 81.4 Å². The predicted octanol–water partition coefficient (Wildman–Crippen LogP) is 3.43. The molecule has 1 unspecified atom stereocenters. The fraction of sp³-hybridized carbons (Fsp3) is 0.333. The quantitative estimate of drug-likeness (QED) is 0.676. The SMILES string of the molecule is CC(C)C(=O)N1CCC(Oc2ccccc2-c2nc(-c3ccncc3)no2)C1. The van der Waals surface area contributed by atoms with Gasteiger partial charge in [-0.15, -0.1) is 0 Å². The Kier molecular flexibility index (Phi) is 5.06. The van der Waals surface area contributed by atoms with Gasteiger partial charge >= 0.3 is 0 Å². The zero-order valence-electron chi connectivity index (χ0n) is 15.9. The molecule has 144 valence electrons. The molecule has 7 nitrogen and oxygen atoms in total. The molecule has 7 heteroatoms. The molecule has 3 aromatic rings. The molecule has 1 amide bonds. The van der Waals surface area contributed by atoms with Crippen LogP contribution in [0.3, 0.4) is 0 Å². The van der Waals surface area contributed by atoms with Crippen molar-refractivity contribution in [3.8, 4) is 28.6 Å². The van der Waals surface area contributed by atoms with Crippen molar-refractivity contribution in [2.24, 2.45) is 5.92 Å². The molecule has 0 N–H and O–H groups in total. The Morgan fingerprint density at radius 1 is 1.21 bits per heavy atom. The van der Waals surface area contributed by atoms with E-state index in [1.807, 2.05) is 55.1 Å². The maximum absolute atomic E-state index is 12.2. The minimum Gasteiger partial charge on any atom is -0.488 e. The number of aromatic nitrogens is 3. The summed E-state index contributed by atoms with van der Waals surface area (Å²) in [7, 11) is 0. The summed E-state index contributed by atoms with van der Waals surface area (Å²) in [5, 5.41) is 4.07. The van der Waals surface area contributed by atoms with Gasteiger partial charge in [0.25, 0.3) is 5.89 Å². The predicted molar refractivity (Wildman–Crippen MR) is 103 cm³/mol. The highest BCUT2D eigenvalue weighted by atomic mass is 16.5. The first-order valence-electron chi connectivity index (χ1n) is 9.41. The monoisotopic (exact) mass is 378 g/mol. The number of hydrogen-bond donors (Lipinski definition) is 0. The summed E-state index contributed by atoms with van der Waals surface area (Å²) in [6, 6.07) is 11.3. The zero-order valence-corrected chi connectivity index (χ0v) is 15.9. The molecular weight excluding hydrogens is 356 g/mol. The molecule has 2 aromatic heterocycles. The van der Waals surface area contributed by atoms with Gasteiger partial charge in [0, 0.05) is 36.8 Å². The van der Waals surface area contributed by atoms with Gasteiger partial charge in [0.05, 0.1) is 12.1 Å². The van der Waals surface area contributed by atoms with Crippen LogP contribution in [0.1, 0.15) is 20.3 Å².